The van der Waals surface area contributed by atoms with Crippen molar-refractivity contribution in [2.24, 2.45) is 4.99 Å². The summed E-state index contributed by atoms with van der Waals surface area (Å²) in [6, 6.07) is 15.4. The third-order valence-corrected chi connectivity index (χ3v) is 4.11. The number of aliphatic imine (C=N–C) groups is 1. The highest BCUT2D eigenvalue weighted by Gasteiger charge is 2.21. The molecule has 0 atom stereocenters. The van der Waals surface area contributed by atoms with Gasteiger partial charge >= 0.3 is 0 Å². The molecule has 0 aromatic heterocycles. The molecule has 0 aliphatic carbocycles. The molecule has 3 nitrogen and oxygen atoms in total. The Hall–Kier alpha value is -2.39. The largest absolute Gasteiger partial charge is 0.305 e. The van der Waals surface area contributed by atoms with E-state index in [1.165, 1.54) is 5.56 Å². The van der Waals surface area contributed by atoms with Gasteiger partial charge in [-0.25, -0.2) is 4.99 Å². The summed E-state index contributed by atoms with van der Waals surface area (Å²) >= 11 is 5.98. The molecule has 24 heavy (non-hydrogen) atoms. The van der Waals surface area contributed by atoms with Crippen molar-refractivity contribution in [1.29, 1.82) is 0 Å². The van der Waals surface area contributed by atoms with Gasteiger partial charge in [-0.15, -0.1) is 0 Å². The molecule has 0 saturated carbocycles. The van der Waals surface area contributed by atoms with Gasteiger partial charge in [0.05, 0.1) is 0 Å². The highest BCUT2D eigenvalue weighted by Crippen LogP contribution is 2.23. The molecule has 0 radical (unpaired) electrons. The number of benzene rings is 2. The Labute approximate surface area is 147 Å². The van der Waals surface area contributed by atoms with Crippen LogP contribution in [0.25, 0.3) is 6.08 Å². The Morgan fingerprint density at radius 2 is 1.79 bits per heavy atom. The normalized spacial score (nSPS) is 16.2. The number of nitrogens with zero attached hydrogens (tertiary/aromatic N) is 1. The molecule has 1 heterocycles. The summed E-state index contributed by atoms with van der Waals surface area (Å²) in [6.07, 6.45) is 1.73. The van der Waals surface area contributed by atoms with Gasteiger partial charge in [-0.2, -0.15) is 0 Å². The minimum Gasteiger partial charge on any atom is -0.305 e. The fraction of sp³-hybridized carbons (Fsp3) is 0.200. The van der Waals surface area contributed by atoms with Gasteiger partial charge in [0.2, 0.25) is 0 Å². The minimum atomic E-state index is -0.204. The van der Waals surface area contributed by atoms with E-state index in [-0.39, 0.29) is 11.3 Å². The molecule has 0 saturated heterocycles. The summed E-state index contributed by atoms with van der Waals surface area (Å²) < 4.78 is 0. The fourth-order valence-electron chi connectivity index (χ4n) is 2.49. The second-order valence-corrected chi connectivity index (χ2v) is 7.26. The van der Waals surface area contributed by atoms with Crippen LogP contribution >= 0.6 is 11.6 Å². The molecular formula is C20H19ClN2O. The third-order valence-electron chi connectivity index (χ3n) is 3.87. The number of rotatable bonds is 2. The number of amidine groups is 1. The molecule has 0 fully saturated rings. The second kappa shape index (κ2) is 6.25. The van der Waals surface area contributed by atoms with Crippen LogP contribution in [0.4, 0.5) is 0 Å². The topological polar surface area (TPSA) is 41.5 Å². The molecule has 2 aromatic carbocycles. The predicted molar refractivity (Wildman–Crippen MR) is 99.3 cm³/mol. The third kappa shape index (κ3) is 3.57. The molecule has 0 bridgehead atoms. The molecule has 1 N–H and O–H groups in total. The first kappa shape index (κ1) is 16.5. The molecule has 1 amide bonds. The van der Waals surface area contributed by atoms with E-state index in [2.05, 4.69) is 43.2 Å². The lowest BCUT2D eigenvalue weighted by molar-refractivity contribution is -0.115. The lowest BCUT2D eigenvalue weighted by atomic mass is 9.86. The number of carbonyl (C=O) groups is 1. The van der Waals surface area contributed by atoms with Gasteiger partial charge in [0.1, 0.15) is 11.5 Å². The van der Waals surface area contributed by atoms with Gasteiger partial charge in [0, 0.05) is 10.6 Å². The first-order valence-corrected chi connectivity index (χ1v) is 8.19. The van der Waals surface area contributed by atoms with Crippen LogP contribution in [0.3, 0.4) is 0 Å². The zero-order chi connectivity index (χ0) is 17.3. The predicted octanol–water partition coefficient (Wildman–Crippen LogP) is 4.56. The lowest BCUT2D eigenvalue weighted by Crippen LogP contribution is -2.24. The van der Waals surface area contributed by atoms with E-state index in [0.717, 1.165) is 11.1 Å². The molecule has 3 rings (SSSR count). The van der Waals surface area contributed by atoms with Crippen molar-refractivity contribution in [3.05, 3.63) is 75.9 Å². The maximum Gasteiger partial charge on any atom is 0.275 e. The fourth-order valence-corrected chi connectivity index (χ4v) is 2.69. The van der Waals surface area contributed by atoms with Crippen molar-refractivity contribution in [2.75, 3.05) is 0 Å². The number of carbonyl (C=O) groups excluding carboxylic acids is 1. The molecule has 4 heteroatoms. The molecule has 2 aromatic rings. The standard InChI is InChI=1S/C20H19ClN2O/c1-20(2,3)15-9-7-14(8-10-15)18-22-17(19(24)23-18)12-13-5-4-6-16(21)11-13/h4-12H,1-3H3,(H,22,23,24)/b17-12+. The molecule has 0 spiro atoms. The number of hydrogen-bond donors (Lipinski definition) is 1. The van der Waals surface area contributed by atoms with Gasteiger partial charge in [0.25, 0.3) is 5.91 Å². The summed E-state index contributed by atoms with van der Waals surface area (Å²) in [4.78, 5) is 16.6. The van der Waals surface area contributed by atoms with Gasteiger partial charge in [-0.05, 0) is 34.8 Å². The van der Waals surface area contributed by atoms with Crippen LogP contribution in [-0.2, 0) is 10.2 Å². The smallest absolute Gasteiger partial charge is 0.275 e. The van der Waals surface area contributed by atoms with Crippen molar-refractivity contribution < 1.29 is 4.79 Å². The Kier molecular flexibility index (Phi) is 4.29. The van der Waals surface area contributed by atoms with Crippen LogP contribution in [0, 0.1) is 0 Å². The van der Waals surface area contributed by atoms with Crippen LogP contribution < -0.4 is 5.32 Å². The second-order valence-electron chi connectivity index (χ2n) is 6.83. The summed E-state index contributed by atoms with van der Waals surface area (Å²) in [6.45, 7) is 6.51. The maximum atomic E-state index is 12.1. The average Bonchev–Trinajstić information content (AvgIpc) is 2.88. The van der Waals surface area contributed by atoms with E-state index < -0.39 is 0 Å². The number of halogens is 1. The zero-order valence-corrected chi connectivity index (χ0v) is 14.7. The molecule has 1 aliphatic heterocycles. The van der Waals surface area contributed by atoms with E-state index in [4.69, 9.17) is 11.6 Å². The number of nitrogens with one attached hydrogen (secondary N) is 1. The molecular weight excluding hydrogens is 320 g/mol. The van der Waals surface area contributed by atoms with Crippen molar-refractivity contribution >= 4 is 29.4 Å². The monoisotopic (exact) mass is 338 g/mol. The SMILES string of the molecule is CC(C)(C)c1ccc(C2=N/C(=C/c3cccc(Cl)c3)C(=O)N2)cc1. The first-order chi connectivity index (χ1) is 11.3. The highest BCUT2D eigenvalue weighted by atomic mass is 35.5. The Morgan fingerprint density at radius 1 is 1.08 bits per heavy atom. The molecule has 0 unspecified atom stereocenters. The van der Waals surface area contributed by atoms with Crippen LogP contribution in [0.1, 0.15) is 37.5 Å². The van der Waals surface area contributed by atoms with Crippen molar-refractivity contribution in [3.8, 4) is 0 Å². The van der Waals surface area contributed by atoms with Crippen LogP contribution in [0.15, 0.2) is 59.2 Å². The van der Waals surface area contributed by atoms with Crippen LogP contribution in [0.5, 0.6) is 0 Å². The maximum absolute atomic E-state index is 12.1. The first-order valence-electron chi connectivity index (χ1n) is 7.81. The minimum absolute atomic E-state index is 0.0942. The quantitative estimate of drug-likeness (QED) is 0.801. The van der Waals surface area contributed by atoms with Gasteiger partial charge in [0.15, 0.2) is 0 Å². The van der Waals surface area contributed by atoms with Crippen molar-refractivity contribution in [2.45, 2.75) is 26.2 Å². The van der Waals surface area contributed by atoms with E-state index in [0.29, 0.717) is 16.6 Å². The number of hydrogen-bond acceptors (Lipinski definition) is 2. The summed E-state index contributed by atoms with van der Waals surface area (Å²) in [5, 5.41) is 3.45. The summed E-state index contributed by atoms with van der Waals surface area (Å²) in [5.41, 5.74) is 3.46. The lowest BCUT2D eigenvalue weighted by Gasteiger charge is -2.19. The van der Waals surface area contributed by atoms with E-state index in [1.807, 2.05) is 24.3 Å². The van der Waals surface area contributed by atoms with E-state index in [1.54, 1.807) is 18.2 Å². The Balaban J connectivity index is 1.89. The zero-order valence-electron chi connectivity index (χ0n) is 13.9. The van der Waals surface area contributed by atoms with Crippen molar-refractivity contribution in [3.63, 3.8) is 0 Å². The van der Waals surface area contributed by atoms with E-state index >= 15 is 0 Å². The van der Waals surface area contributed by atoms with Gasteiger partial charge in [-0.3, -0.25) is 4.79 Å². The highest BCUT2D eigenvalue weighted by molar-refractivity contribution is 6.30. The number of amides is 1. The molecule has 122 valence electrons. The van der Waals surface area contributed by atoms with Gasteiger partial charge in [-0.1, -0.05) is 68.8 Å². The van der Waals surface area contributed by atoms with Gasteiger partial charge < -0.3 is 5.32 Å². The van der Waals surface area contributed by atoms with Crippen LogP contribution in [-0.4, -0.2) is 11.7 Å². The average molecular weight is 339 g/mol. The Bertz CT molecular complexity index is 843. The van der Waals surface area contributed by atoms with E-state index in [9.17, 15) is 4.79 Å². The van der Waals surface area contributed by atoms with Crippen molar-refractivity contribution in [1.82, 2.24) is 5.32 Å². The van der Waals surface area contributed by atoms with Crippen LogP contribution in [0.2, 0.25) is 5.02 Å². The molecule has 1 aliphatic rings. The summed E-state index contributed by atoms with van der Waals surface area (Å²) in [5.74, 6) is 0.374. The Morgan fingerprint density at radius 3 is 2.42 bits per heavy atom. The summed E-state index contributed by atoms with van der Waals surface area (Å²) in [7, 11) is 0.